The molecule has 0 radical (unpaired) electrons. The van der Waals surface area contributed by atoms with Crippen LogP contribution in [-0.4, -0.2) is 11.8 Å². The van der Waals surface area contributed by atoms with E-state index in [2.05, 4.69) is 10.6 Å². The molecule has 0 aliphatic rings. The standard InChI is InChI=1S/C22H28N2O2/c1-3-19(17-11-7-5-8-12-17)23-21(25)15-16-22(26)24-20(4-2)18-13-9-6-10-14-18/h5-14,19-20H,3-4,15-16H2,1-2H3,(H,23,25)(H,24,26). The van der Waals surface area contributed by atoms with Gasteiger partial charge in [-0.1, -0.05) is 74.5 Å². The van der Waals surface area contributed by atoms with Crippen molar-refractivity contribution in [2.75, 3.05) is 0 Å². The van der Waals surface area contributed by atoms with E-state index < -0.39 is 0 Å². The van der Waals surface area contributed by atoms with Crippen LogP contribution in [0.4, 0.5) is 0 Å². The molecule has 2 aromatic rings. The third kappa shape index (κ3) is 6.03. The van der Waals surface area contributed by atoms with Gasteiger partial charge in [-0.25, -0.2) is 0 Å². The molecule has 0 aromatic heterocycles. The van der Waals surface area contributed by atoms with Crippen molar-refractivity contribution in [3.8, 4) is 0 Å². The molecule has 2 N–H and O–H groups in total. The minimum absolute atomic E-state index is 0.0144. The maximum Gasteiger partial charge on any atom is 0.220 e. The largest absolute Gasteiger partial charge is 0.349 e. The van der Waals surface area contributed by atoms with Crippen molar-refractivity contribution < 1.29 is 9.59 Å². The molecule has 26 heavy (non-hydrogen) atoms. The van der Waals surface area contributed by atoms with Gasteiger partial charge >= 0.3 is 0 Å². The van der Waals surface area contributed by atoms with E-state index in [0.717, 1.165) is 24.0 Å². The maximum atomic E-state index is 12.2. The fraction of sp³-hybridized carbons (Fsp3) is 0.364. The fourth-order valence-electron chi connectivity index (χ4n) is 2.97. The van der Waals surface area contributed by atoms with E-state index >= 15 is 0 Å². The molecule has 0 bridgehead atoms. The quantitative estimate of drug-likeness (QED) is 0.707. The minimum Gasteiger partial charge on any atom is -0.349 e. The van der Waals surface area contributed by atoms with E-state index in [1.807, 2.05) is 74.5 Å². The molecule has 4 nitrogen and oxygen atoms in total. The molecule has 0 heterocycles. The summed E-state index contributed by atoms with van der Waals surface area (Å²) in [5.74, 6) is -0.188. The van der Waals surface area contributed by atoms with Crippen molar-refractivity contribution in [1.82, 2.24) is 10.6 Å². The Hall–Kier alpha value is -2.62. The van der Waals surface area contributed by atoms with Gasteiger partial charge in [0.15, 0.2) is 0 Å². The van der Waals surface area contributed by atoms with Gasteiger partial charge in [0.25, 0.3) is 0 Å². The third-order valence-electron chi connectivity index (χ3n) is 4.47. The molecule has 2 rings (SSSR count). The fourth-order valence-corrected chi connectivity index (χ4v) is 2.97. The summed E-state index contributed by atoms with van der Waals surface area (Å²) in [6, 6.07) is 19.8. The summed E-state index contributed by atoms with van der Waals surface area (Å²) in [6.45, 7) is 4.08. The molecule has 2 aromatic carbocycles. The smallest absolute Gasteiger partial charge is 0.220 e. The van der Waals surface area contributed by atoms with Gasteiger partial charge in [0.2, 0.25) is 11.8 Å². The second-order valence-corrected chi connectivity index (χ2v) is 6.38. The first-order chi connectivity index (χ1) is 12.6. The van der Waals surface area contributed by atoms with Gasteiger partial charge in [0, 0.05) is 12.8 Å². The zero-order valence-electron chi connectivity index (χ0n) is 15.6. The van der Waals surface area contributed by atoms with Crippen molar-refractivity contribution >= 4 is 11.8 Å². The summed E-state index contributed by atoms with van der Waals surface area (Å²) in [5, 5.41) is 6.04. The molecule has 4 heteroatoms. The number of nitrogens with one attached hydrogen (secondary N) is 2. The molecule has 0 aliphatic heterocycles. The molecule has 138 valence electrons. The van der Waals surface area contributed by atoms with Crippen molar-refractivity contribution in [2.45, 2.75) is 51.6 Å². The van der Waals surface area contributed by atoms with Crippen LogP contribution in [0.3, 0.4) is 0 Å². The van der Waals surface area contributed by atoms with Gasteiger partial charge in [0.1, 0.15) is 0 Å². The number of rotatable bonds is 9. The van der Waals surface area contributed by atoms with E-state index in [0.29, 0.717) is 0 Å². The van der Waals surface area contributed by atoms with E-state index in [4.69, 9.17) is 0 Å². The van der Waals surface area contributed by atoms with E-state index in [-0.39, 0.29) is 36.7 Å². The lowest BCUT2D eigenvalue weighted by molar-refractivity contribution is -0.127. The van der Waals surface area contributed by atoms with Gasteiger partial charge in [-0.05, 0) is 24.0 Å². The zero-order chi connectivity index (χ0) is 18.8. The number of carbonyl (C=O) groups excluding carboxylic acids is 2. The summed E-state index contributed by atoms with van der Waals surface area (Å²) in [6.07, 6.45) is 2.02. The predicted molar refractivity (Wildman–Crippen MR) is 104 cm³/mol. The molecular formula is C22H28N2O2. The summed E-state index contributed by atoms with van der Waals surface area (Å²) in [7, 11) is 0. The Kier molecular flexibility index (Phi) is 7.87. The highest BCUT2D eigenvalue weighted by Crippen LogP contribution is 2.17. The van der Waals surface area contributed by atoms with Crippen LogP contribution in [-0.2, 0) is 9.59 Å². The first-order valence-electron chi connectivity index (χ1n) is 9.32. The average molecular weight is 352 g/mol. The van der Waals surface area contributed by atoms with E-state index in [1.165, 1.54) is 0 Å². The lowest BCUT2D eigenvalue weighted by atomic mass is 10.0. The van der Waals surface area contributed by atoms with Crippen LogP contribution >= 0.6 is 0 Å². The van der Waals surface area contributed by atoms with Gasteiger partial charge < -0.3 is 10.6 Å². The summed E-state index contributed by atoms with van der Waals surface area (Å²) in [4.78, 5) is 24.4. The van der Waals surface area contributed by atoms with Crippen LogP contribution in [0.25, 0.3) is 0 Å². The number of amides is 2. The predicted octanol–water partition coefficient (Wildman–Crippen LogP) is 4.30. The molecule has 2 atom stereocenters. The Morgan fingerprint density at radius 2 is 1.04 bits per heavy atom. The summed E-state index contributed by atoms with van der Waals surface area (Å²) in [5.41, 5.74) is 2.17. The van der Waals surface area contributed by atoms with Gasteiger partial charge in [-0.15, -0.1) is 0 Å². The summed E-state index contributed by atoms with van der Waals surface area (Å²) < 4.78 is 0. The van der Waals surface area contributed by atoms with E-state index in [9.17, 15) is 9.59 Å². The van der Waals surface area contributed by atoms with Gasteiger partial charge in [-0.3, -0.25) is 9.59 Å². The Labute approximate surface area is 156 Å². The van der Waals surface area contributed by atoms with Crippen molar-refractivity contribution in [1.29, 1.82) is 0 Å². The van der Waals surface area contributed by atoms with Gasteiger partial charge in [-0.2, -0.15) is 0 Å². The number of carbonyl (C=O) groups is 2. The Bertz CT molecular complexity index is 624. The van der Waals surface area contributed by atoms with Crippen molar-refractivity contribution in [3.63, 3.8) is 0 Å². The second-order valence-electron chi connectivity index (χ2n) is 6.38. The molecule has 2 amide bonds. The van der Waals surface area contributed by atoms with Gasteiger partial charge in [0.05, 0.1) is 12.1 Å². The van der Waals surface area contributed by atoms with E-state index in [1.54, 1.807) is 0 Å². The van der Waals surface area contributed by atoms with Crippen LogP contribution in [0.15, 0.2) is 60.7 Å². The first kappa shape index (κ1) is 19.7. The average Bonchev–Trinajstić information content (AvgIpc) is 2.70. The highest BCUT2D eigenvalue weighted by Gasteiger charge is 2.16. The van der Waals surface area contributed by atoms with Crippen LogP contribution < -0.4 is 10.6 Å². The Morgan fingerprint density at radius 3 is 1.35 bits per heavy atom. The SMILES string of the molecule is CCC(NC(=O)CCC(=O)NC(CC)c1ccccc1)c1ccccc1. The highest BCUT2D eigenvalue weighted by molar-refractivity contribution is 5.84. The number of hydrogen-bond donors (Lipinski definition) is 2. The Morgan fingerprint density at radius 1 is 0.692 bits per heavy atom. The molecule has 2 unspecified atom stereocenters. The lowest BCUT2D eigenvalue weighted by Gasteiger charge is -2.19. The number of benzene rings is 2. The highest BCUT2D eigenvalue weighted by atomic mass is 16.2. The van der Waals surface area contributed by atoms with Crippen LogP contribution in [0, 0.1) is 0 Å². The lowest BCUT2D eigenvalue weighted by Crippen LogP contribution is -2.31. The zero-order valence-corrected chi connectivity index (χ0v) is 15.6. The number of hydrogen-bond acceptors (Lipinski definition) is 2. The molecule has 0 aliphatic carbocycles. The van der Waals surface area contributed by atoms with Crippen LogP contribution in [0.2, 0.25) is 0 Å². The monoisotopic (exact) mass is 352 g/mol. The first-order valence-corrected chi connectivity index (χ1v) is 9.32. The maximum absolute atomic E-state index is 12.2. The topological polar surface area (TPSA) is 58.2 Å². The van der Waals surface area contributed by atoms with Crippen molar-refractivity contribution in [3.05, 3.63) is 71.8 Å². The molecule has 0 fully saturated rings. The van der Waals surface area contributed by atoms with Crippen molar-refractivity contribution in [2.24, 2.45) is 0 Å². The molecule has 0 saturated heterocycles. The Balaban J connectivity index is 1.81. The second kappa shape index (κ2) is 10.4. The van der Waals surface area contributed by atoms with Crippen LogP contribution in [0.5, 0.6) is 0 Å². The minimum atomic E-state index is -0.0939. The molecule has 0 saturated carbocycles. The summed E-state index contributed by atoms with van der Waals surface area (Å²) >= 11 is 0. The molecular weight excluding hydrogens is 324 g/mol. The normalized spacial score (nSPS) is 12.8. The third-order valence-corrected chi connectivity index (χ3v) is 4.47. The van der Waals surface area contributed by atoms with Crippen LogP contribution in [0.1, 0.15) is 62.7 Å². The molecule has 0 spiro atoms.